The molecule has 0 spiro atoms. The van der Waals surface area contributed by atoms with Crippen LogP contribution in [0.5, 0.6) is 17.2 Å². The van der Waals surface area contributed by atoms with E-state index in [0.717, 1.165) is 5.56 Å². The number of thiazole rings is 1. The van der Waals surface area contributed by atoms with Gasteiger partial charge in [-0.1, -0.05) is 12.1 Å². The largest absolute Gasteiger partial charge is 0.497 e. The van der Waals surface area contributed by atoms with Crippen molar-refractivity contribution in [3.05, 3.63) is 53.5 Å². The monoisotopic (exact) mass is 370 g/mol. The first kappa shape index (κ1) is 17.8. The van der Waals surface area contributed by atoms with Crippen LogP contribution in [-0.2, 0) is 0 Å². The molecule has 0 saturated carbocycles. The van der Waals surface area contributed by atoms with Crippen molar-refractivity contribution in [1.82, 2.24) is 4.98 Å². The first-order chi connectivity index (χ1) is 12.7. The molecule has 0 atom stereocenters. The third-order valence-corrected chi connectivity index (χ3v) is 4.57. The molecule has 3 aromatic rings. The quantitative estimate of drug-likeness (QED) is 0.708. The molecule has 3 rings (SSSR count). The van der Waals surface area contributed by atoms with Gasteiger partial charge >= 0.3 is 0 Å². The number of rotatable bonds is 6. The molecule has 0 radical (unpaired) electrons. The van der Waals surface area contributed by atoms with E-state index in [-0.39, 0.29) is 5.91 Å². The van der Waals surface area contributed by atoms with Gasteiger partial charge in [-0.15, -0.1) is 11.3 Å². The summed E-state index contributed by atoms with van der Waals surface area (Å²) in [7, 11) is 4.73. The topological polar surface area (TPSA) is 69.7 Å². The van der Waals surface area contributed by atoms with Gasteiger partial charge in [0, 0.05) is 17.1 Å². The highest BCUT2D eigenvalue weighted by molar-refractivity contribution is 7.13. The van der Waals surface area contributed by atoms with Gasteiger partial charge in [-0.2, -0.15) is 0 Å². The second-order valence-corrected chi connectivity index (χ2v) is 6.12. The van der Waals surface area contributed by atoms with Crippen LogP contribution in [0.1, 0.15) is 10.5 Å². The van der Waals surface area contributed by atoms with Crippen molar-refractivity contribution in [2.75, 3.05) is 26.6 Å². The third kappa shape index (κ3) is 3.62. The fraction of sp³-hybridized carbons (Fsp3) is 0.158. The van der Waals surface area contributed by atoms with Gasteiger partial charge in [0.05, 0.1) is 26.9 Å². The fourth-order valence-electron chi connectivity index (χ4n) is 2.45. The van der Waals surface area contributed by atoms with Crippen LogP contribution in [0.15, 0.2) is 47.8 Å². The molecule has 0 aliphatic rings. The Hall–Kier alpha value is -3.06. The van der Waals surface area contributed by atoms with Crippen molar-refractivity contribution in [1.29, 1.82) is 0 Å². The first-order valence-electron chi connectivity index (χ1n) is 7.78. The van der Waals surface area contributed by atoms with E-state index in [1.54, 1.807) is 38.8 Å². The molecule has 0 fully saturated rings. The van der Waals surface area contributed by atoms with Crippen molar-refractivity contribution in [3.8, 4) is 27.8 Å². The molecule has 0 unspecified atom stereocenters. The smallest absolute Gasteiger partial charge is 0.275 e. The first-order valence-corrected chi connectivity index (χ1v) is 8.66. The average Bonchev–Trinajstić information content (AvgIpc) is 3.17. The number of nitrogens with zero attached hydrogens (tertiary/aromatic N) is 1. The summed E-state index contributed by atoms with van der Waals surface area (Å²) in [5.41, 5.74) is 1.75. The molecule has 0 bridgehead atoms. The van der Waals surface area contributed by atoms with E-state index >= 15 is 0 Å². The third-order valence-electron chi connectivity index (χ3n) is 3.70. The molecule has 7 heteroatoms. The number of nitrogens with one attached hydrogen (secondary N) is 1. The van der Waals surface area contributed by atoms with Crippen molar-refractivity contribution in [3.63, 3.8) is 0 Å². The zero-order valence-electron chi connectivity index (χ0n) is 14.6. The minimum atomic E-state index is -0.289. The summed E-state index contributed by atoms with van der Waals surface area (Å²) in [6.45, 7) is 0. The van der Waals surface area contributed by atoms with E-state index in [4.69, 9.17) is 14.2 Å². The SMILES string of the molecule is COc1cccc(NC(=O)c2csc(-c3cccc(OC)c3OC)n2)c1. The molecule has 2 aromatic carbocycles. The predicted molar refractivity (Wildman–Crippen MR) is 102 cm³/mol. The van der Waals surface area contributed by atoms with Gasteiger partial charge in [0.15, 0.2) is 11.5 Å². The minimum absolute atomic E-state index is 0.289. The summed E-state index contributed by atoms with van der Waals surface area (Å²) in [5, 5.41) is 5.21. The Morgan fingerprint density at radius 3 is 2.58 bits per heavy atom. The molecule has 0 saturated heterocycles. The molecule has 26 heavy (non-hydrogen) atoms. The zero-order chi connectivity index (χ0) is 18.5. The Bertz CT molecular complexity index is 923. The van der Waals surface area contributed by atoms with E-state index in [9.17, 15) is 4.79 Å². The highest BCUT2D eigenvalue weighted by atomic mass is 32.1. The number of aromatic nitrogens is 1. The minimum Gasteiger partial charge on any atom is -0.497 e. The standard InChI is InChI=1S/C19H18N2O4S/c1-23-13-7-4-6-12(10-13)20-18(22)15-11-26-19(21-15)14-8-5-9-16(24-2)17(14)25-3/h4-11H,1-3H3,(H,20,22). The number of amides is 1. The Morgan fingerprint density at radius 2 is 1.85 bits per heavy atom. The number of anilines is 1. The van der Waals surface area contributed by atoms with Crippen LogP contribution >= 0.6 is 11.3 Å². The Balaban J connectivity index is 1.85. The number of carbonyl (C=O) groups is 1. The molecule has 6 nitrogen and oxygen atoms in total. The summed E-state index contributed by atoms with van der Waals surface area (Å²) in [4.78, 5) is 16.9. The number of benzene rings is 2. The lowest BCUT2D eigenvalue weighted by Gasteiger charge is -2.10. The lowest BCUT2D eigenvalue weighted by molar-refractivity contribution is 0.102. The van der Waals surface area contributed by atoms with Gasteiger partial charge < -0.3 is 19.5 Å². The molecule has 1 aromatic heterocycles. The predicted octanol–water partition coefficient (Wildman–Crippen LogP) is 4.09. The van der Waals surface area contributed by atoms with Gasteiger partial charge in [-0.25, -0.2) is 4.98 Å². The molecule has 1 N–H and O–H groups in total. The van der Waals surface area contributed by atoms with Crippen LogP contribution in [0.3, 0.4) is 0 Å². The Kier molecular flexibility index (Phi) is 5.38. The summed E-state index contributed by atoms with van der Waals surface area (Å²) in [6.07, 6.45) is 0. The summed E-state index contributed by atoms with van der Waals surface area (Å²) >= 11 is 1.37. The van der Waals surface area contributed by atoms with Crippen LogP contribution in [-0.4, -0.2) is 32.2 Å². The van der Waals surface area contributed by atoms with E-state index < -0.39 is 0 Å². The van der Waals surface area contributed by atoms with E-state index in [2.05, 4.69) is 10.3 Å². The number of ether oxygens (including phenoxy) is 3. The van der Waals surface area contributed by atoms with E-state index in [0.29, 0.717) is 33.6 Å². The van der Waals surface area contributed by atoms with Gasteiger partial charge in [0.25, 0.3) is 5.91 Å². The molecule has 0 aliphatic carbocycles. The molecular weight excluding hydrogens is 352 g/mol. The zero-order valence-corrected chi connectivity index (χ0v) is 15.4. The van der Waals surface area contributed by atoms with Crippen molar-refractivity contribution >= 4 is 22.9 Å². The van der Waals surface area contributed by atoms with Gasteiger partial charge in [-0.05, 0) is 24.3 Å². The Labute approximate surface area is 155 Å². The summed E-state index contributed by atoms with van der Waals surface area (Å²) < 4.78 is 15.9. The van der Waals surface area contributed by atoms with Crippen molar-refractivity contribution < 1.29 is 19.0 Å². The number of methoxy groups -OCH3 is 3. The van der Waals surface area contributed by atoms with Crippen LogP contribution in [0.25, 0.3) is 10.6 Å². The number of hydrogen-bond donors (Lipinski definition) is 1. The second kappa shape index (κ2) is 7.88. The maximum absolute atomic E-state index is 12.5. The molecule has 1 heterocycles. The van der Waals surface area contributed by atoms with E-state index in [1.165, 1.54) is 11.3 Å². The lowest BCUT2D eigenvalue weighted by Crippen LogP contribution is -2.12. The molecule has 1 amide bonds. The summed E-state index contributed by atoms with van der Waals surface area (Å²) in [6, 6.07) is 12.7. The van der Waals surface area contributed by atoms with Crippen molar-refractivity contribution in [2.24, 2.45) is 0 Å². The number of hydrogen-bond acceptors (Lipinski definition) is 6. The molecule has 0 aliphatic heterocycles. The lowest BCUT2D eigenvalue weighted by atomic mass is 10.2. The van der Waals surface area contributed by atoms with Crippen molar-refractivity contribution in [2.45, 2.75) is 0 Å². The Morgan fingerprint density at radius 1 is 1.04 bits per heavy atom. The van der Waals surface area contributed by atoms with Crippen LogP contribution in [0.2, 0.25) is 0 Å². The average molecular weight is 370 g/mol. The van der Waals surface area contributed by atoms with Gasteiger partial charge in [0.2, 0.25) is 0 Å². The normalized spacial score (nSPS) is 10.3. The van der Waals surface area contributed by atoms with Crippen LogP contribution in [0, 0.1) is 0 Å². The highest BCUT2D eigenvalue weighted by Gasteiger charge is 2.17. The molecule has 134 valence electrons. The number of para-hydroxylation sites is 1. The van der Waals surface area contributed by atoms with Crippen LogP contribution in [0.4, 0.5) is 5.69 Å². The molecular formula is C19H18N2O4S. The maximum Gasteiger partial charge on any atom is 0.275 e. The van der Waals surface area contributed by atoms with Gasteiger partial charge in [0.1, 0.15) is 16.5 Å². The fourth-order valence-corrected chi connectivity index (χ4v) is 3.27. The van der Waals surface area contributed by atoms with E-state index in [1.807, 2.05) is 30.3 Å². The second-order valence-electron chi connectivity index (χ2n) is 5.27. The van der Waals surface area contributed by atoms with Gasteiger partial charge in [-0.3, -0.25) is 4.79 Å². The summed E-state index contributed by atoms with van der Waals surface area (Å²) in [5.74, 6) is 1.58. The maximum atomic E-state index is 12.5. The van der Waals surface area contributed by atoms with Crippen LogP contribution < -0.4 is 19.5 Å². The highest BCUT2D eigenvalue weighted by Crippen LogP contribution is 2.39. The number of carbonyl (C=O) groups excluding carboxylic acids is 1.